The van der Waals surface area contributed by atoms with Crippen LogP contribution >= 0.6 is 24.8 Å². The Hall–Kier alpha value is -0.0300. The van der Waals surface area contributed by atoms with Gasteiger partial charge < -0.3 is 15.5 Å². The van der Waals surface area contributed by atoms with Gasteiger partial charge in [0.15, 0.2) is 0 Å². The molecule has 1 heterocycles. The number of piperidine rings is 1. The van der Waals surface area contributed by atoms with Crippen molar-refractivity contribution in [1.29, 1.82) is 0 Å². The van der Waals surface area contributed by atoms with Crippen LogP contribution in [0.15, 0.2) is 0 Å². The fourth-order valence-electron chi connectivity index (χ4n) is 2.09. The van der Waals surface area contributed by atoms with Crippen molar-refractivity contribution in [2.75, 3.05) is 27.2 Å². The van der Waals surface area contributed by atoms with Gasteiger partial charge in [0.05, 0.1) is 5.92 Å². The molecule has 0 bridgehead atoms. The van der Waals surface area contributed by atoms with E-state index in [1.54, 1.807) is 0 Å². The van der Waals surface area contributed by atoms with Crippen LogP contribution in [0.3, 0.4) is 0 Å². The van der Waals surface area contributed by atoms with Crippen molar-refractivity contribution in [1.82, 2.24) is 9.80 Å². The SMILES string of the molecule is CC(N)C(C)C(=O)N1CCCC(N(C)C)C1.Cl.Cl. The highest BCUT2D eigenvalue weighted by molar-refractivity contribution is 5.85. The lowest BCUT2D eigenvalue weighted by molar-refractivity contribution is -0.137. The van der Waals surface area contributed by atoms with Crippen molar-refractivity contribution in [2.24, 2.45) is 11.7 Å². The van der Waals surface area contributed by atoms with E-state index in [4.69, 9.17) is 5.73 Å². The molecular weight excluding hydrogens is 273 g/mol. The topological polar surface area (TPSA) is 49.6 Å². The minimum Gasteiger partial charge on any atom is -0.341 e. The van der Waals surface area contributed by atoms with E-state index in [-0.39, 0.29) is 42.7 Å². The zero-order valence-electron chi connectivity index (χ0n) is 11.8. The number of likely N-dealkylation sites (N-methyl/N-ethyl adjacent to an activating group) is 1. The molecule has 18 heavy (non-hydrogen) atoms. The second kappa shape index (κ2) is 8.97. The molecule has 0 aromatic heterocycles. The molecule has 1 aliphatic heterocycles. The standard InChI is InChI=1S/C12H25N3O.2ClH/c1-9(10(2)13)12(16)15-7-5-6-11(8-15)14(3)4;;/h9-11H,5-8,13H2,1-4H3;2*1H. The number of hydrogen-bond acceptors (Lipinski definition) is 3. The number of halogens is 2. The summed E-state index contributed by atoms with van der Waals surface area (Å²) in [6.45, 7) is 5.56. The lowest BCUT2D eigenvalue weighted by atomic mass is 9.99. The van der Waals surface area contributed by atoms with E-state index in [9.17, 15) is 4.79 Å². The molecule has 1 amide bonds. The molecule has 0 saturated carbocycles. The number of carbonyl (C=O) groups excluding carboxylic acids is 1. The quantitative estimate of drug-likeness (QED) is 0.856. The summed E-state index contributed by atoms with van der Waals surface area (Å²) in [5.74, 6) is 0.141. The summed E-state index contributed by atoms with van der Waals surface area (Å²) in [6.07, 6.45) is 2.28. The highest BCUT2D eigenvalue weighted by atomic mass is 35.5. The maximum absolute atomic E-state index is 12.1. The van der Waals surface area contributed by atoms with E-state index in [1.807, 2.05) is 18.7 Å². The van der Waals surface area contributed by atoms with Crippen LogP contribution in [0.4, 0.5) is 0 Å². The molecule has 0 spiro atoms. The van der Waals surface area contributed by atoms with Gasteiger partial charge in [0, 0.05) is 25.2 Å². The summed E-state index contributed by atoms with van der Waals surface area (Å²) in [4.78, 5) is 16.3. The Morgan fingerprint density at radius 2 is 1.89 bits per heavy atom. The number of hydrogen-bond donors (Lipinski definition) is 1. The fraction of sp³-hybridized carbons (Fsp3) is 0.917. The summed E-state index contributed by atoms with van der Waals surface area (Å²) < 4.78 is 0. The molecule has 3 atom stereocenters. The van der Waals surface area contributed by atoms with E-state index >= 15 is 0 Å². The highest BCUT2D eigenvalue weighted by Crippen LogP contribution is 2.16. The Labute approximate surface area is 123 Å². The summed E-state index contributed by atoms with van der Waals surface area (Å²) in [5, 5.41) is 0. The normalized spacial score (nSPS) is 22.8. The van der Waals surface area contributed by atoms with Gasteiger partial charge in [-0.25, -0.2) is 0 Å². The predicted molar refractivity (Wildman–Crippen MR) is 80.6 cm³/mol. The lowest BCUT2D eigenvalue weighted by Gasteiger charge is -2.37. The molecule has 1 aliphatic rings. The average Bonchev–Trinajstić information content (AvgIpc) is 2.27. The smallest absolute Gasteiger partial charge is 0.227 e. The number of rotatable bonds is 3. The average molecular weight is 300 g/mol. The molecule has 6 heteroatoms. The number of amides is 1. The summed E-state index contributed by atoms with van der Waals surface area (Å²) in [5.41, 5.74) is 5.78. The van der Waals surface area contributed by atoms with E-state index in [0.717, 1.165) is 19.5 Å². The zero-order chi connectivity index (χ0) is 12.3. The third-order valence-corrected chi connectivity index (χ3v) is 3.62. The molecule has 1 rings (SSSR count). The second-order valence-electron chi connectivity index (χ2n) is 5.19. The number of likely N-dealkylation sites (tertiary alicyclic amines) is 1. The minimum atomic E-state index is -0.0686. The number of nitrogens with two attached hydrogens (primary N) is 1. The summed E-state index contributed by atoms with van der Waals surface area (Å²) in [7, 11) is 4.15. The van der Waals surface area contributed by atoms with Crippen LogP contribution < -0.4 is 5.73 Å². The largest absolute Gasteiger partial charge is 0.341 e. The first-order chi connectivity index (χ1) is 7.43. The molecule has 0 radical (unpaired) electrons. The Bertz CT molecular complexity index is 249. The first kappa shape index (κ1) is 20.3. The van der Waals surface area contributed by atoms with Gasteiger partial charge in [-0.15, -0.1) is 24.8 Å². The van der Waals surface area contributed by atoms with Gasteiger partial charge in [-0.3, -0.25) is 4.79 Å². The minimum absolute atomic E-state index is 0. The number of nitrogens with zero attached hydrogens (tertiary/aromatic N) is 2. The lowest BCUT2D eigenvalue weighted by Crippen LogP contribution is -2.50. The van der Waals surface area contributed by atoms with Gasteiger partial charge in [0.2, 0.25) is 5.91 Å². The molecule has 1 saturated heterocycles. The van der Waals surface area contributed by atoms with E-state index in [2.05, 4.69) is 19.0 Å². The van der Waals surface area contributed by atoms with Crippen LogP contribution in [-0.4, -0.2) is 55.0 Å². The van der Waals surface area contributed by atoms with Gasteiger partial charge in [0.1, 0.15) is 0 Å². The molecule has 0 aliphatic carbocycles. The van der Waals surface area contributed by atoms with Crippen molar-refractivity contribution < 1.29 is 4.79 Å². The highest BCUT2D eigenvalue weighted by Gasteiger charge is 2.28. The Kier molecular flexibility index (Phi) is 10.1. The van der Waals surface area contributed by atoms with Gasteiger partial charge in [-0.2, -0.15) is 0 Å². The van der Waals surface area contributed by atoms with Gasteiger partial charge >= 0.3 is 0 Å². The number of carbonyl (C=O) groups is 1. The zero-order valence-corrected chi connectivity index (χ0v) is 13.4. The molecule has 110 valence electrons. The molecule has 0 aromatic rings. The van der Waals surface area contributed by atoms with E-state index in [0.29, 0.717) is 6.04 Å². The third kappa shape index (κ3) is 5.31. The first-order valence-electron chi connectivity index (χ1n) is 6.14. The molecule has 4 nitrogen and oxygen atoms in total. The predicted octanol–water partition coefficient (Wildman–Crippen LogP) is 1.37. The van der Waals surface area contributed by atoms with Gasteiger partial charge in [-0.1, -0.05) is 6.92 Å². The third-order valence-electron chi connectivity index (χ3n) is 3.62. The van der Waals surface area contributed by atoms with Crippen molar-refractivity contribution in [2.45, 2.75) is 38.8 Å². The van der Waals surface area contributed by atoms with Crippen LogP contribution in [0.2, 0.25) is 0 Å². The van der Waals surface area contributed by atoms with Gasteiger partial charge in [-0.05, 0) is 33.9 Å². The van der Waals surface area contributed by atoms with Crippen molar-refractivity contribution >= 4 is 30.7 Å². The van der Waals surface area contributed by atoms with Crippen LogP contribution in [0.5, 0.6) is 0 Å². The summed E-state index contributed by atoms with van der Waals surface area (Å²) >= 11 is 0. The van der Waals surface area contributed by atoms with Crippen LogP contribution in [0, 0.1) is 5.92 Å². The van der Waals surface area contributed by atoms with Crippen LogP contribution in [0.1, 0.15) is 26.7 Å². The Morgan fingerprint density at radius 1 is 1.33 bits per heavy atom. The van der Waals surface area contributed by atoms with Crippen LogP contribution in [-0.2, 0) is 4.79 Å². The maximum Gasteiger partial charge on any atom is 0.227 e. The van der Waals surface area contributed by atoms with E-state index in [1.165, 1.54) is 6.42 Å². The maximum atomic E-state index is 12.1. The Balaban J connectivity index is 0. The van der Waals surface area contributed by atoms with Crippen molar-refractivity contribution in [3.63, 3.8) is 0 Å². The Morgan fingerprint density at radius 3 is 2.33 bits per heavy atom. The fourth-order valence-corrected chi connectivity index (χ4v) is 2.09. The molecular formula is C12H27Cl2N3O. The molecule has 3 unspecified atom stereocenters. The first-order valence-corrected chi connectivity index (χ1v) is 6.14. The summed E-state index contributed by atoms with van der Waals surface area (Å²) in [6, 6.07) is 0.435. The molecule has 0 aromatic carbocycles. The second-order valence-corrected chi connectivity index (χ2v) is 5.19. The van der Waals surface area contributed by atoms with Crippen molar-refractivity contribution in [3.05, 3.63) is 0 Å². The van der Waals surface area contributed by atoms with Crippen LogP contribution in [0.25, 0.3) is 0 Å². The monoisotopic (exact) mass is 299 g/mol. The molecule has 1 fully saturated rings. The van der Waals surface area contributed by atoms with Crippen molar-refractivity contribution in [3.8, 4) is 0 Å². The van der Waals surface area contributed by atoms with E-state index < -0.39 is 0 Å². The van der Waals surface area contributed by atoms with Gasteiger partial charge in [0.25, 0.3) is 0 Å². The molecule has 2 N–H and O–H groups in total.